The summed E-state index contributed by atoms with van der Waals surface area (Å²) in [5.41, 5.74) is 1.62. The minimum Gasteiger partial charge on any atom is -0.371 e. The molecule has 0 fully saturated rings. The van der Waals surface area contributed by atoms with Crippen LogP contribution in [0.1, 0.15) is 16.1 Å². The molecule has 22 heavy (non-hydrogen) atoms. The molecule has 0 atom stereocenters. The number of nitrogens with one attached hydrogen (secondary N) is 2. The molecule has 0 radical (unpaired) electrons. The molecule has 116 valence electrons. The van der Waals surface area contributed by atoms with Gasteiger partial charge in [0.05, 0.1) is 17.8 Å². The van der Waals surface area contributed by atoms with Crippen LogP contribution in [0.5, 0.6) is 0 Å². The highest BCUT2D eigenvalue weighted by molar-refractivity contribution is 7.90. The largest absolute Gasteiger partial charge is 0.371 e. The number of hydrogen-bond acceptors (Lipinski definition) is 5. The smallest absolute Gasteiger partial charge is 0.253 e. The molecule has 1 aromatic heterocycles. The van der Waals surface area contributed by atoms with Gasteiger partial charge in [-0.05, 0) is 24.3 Å². The summed E-state index contributed by atoms with van der Waals surface area (Å²) in [7, 11) is -3.17. The Morgan fingerprint density at radius 3 is 2.55 bits per heavy atom. The molecule has 6 nitrogen and oxygen atoms in total. The van der Waals surface area contributed by atoms with E-state index in [0.717, 1.165) is 11.9 Å². The molecule has 0 saturated heterocycles. The number of aromatic nitrogens is 1. The van der Waals surface area contributed by atoms with Crippen LogP contribution in [-0.4, -0.2) is 31.4 Å². The number of nitrogens with zero attached hydrogens (tertiary/aromatic N) is 1. The van der Waals surface area contributed by atoms with Gasteiger partial charge >= 0.3 is 0 Å². The Morgan fingerprint density at radius 1 is 1.14 bits per heavy atom. The van der Waals surface area contributed by atoms with Crippen molar-refractivity contribution in [1.82, 2.24) is 10.3 Å². The lowest BCUT2D eigenvalue weighted by atomic mass is 10.1. The minimum atomic E-state index is -3.17. The van der Waals surface area contributed by atoms with Gasteiger partial charge in [-0.1, -0.05) is 18.2 Å². The van der Waals surface area contributed by atoms with E-state index in [-0.39, 0.29) is 11.8 Å². The average Bonchev–Trinajstić information content (AvgIpc) is 2.51. The number of rotatable bonds is 6. The molecular formula is C15H17N3O3S. The lowest BCUT2D eigenvalue weighted by Crippen LogP contribution is -2.25. The third kappa shape index (κ3) is 4.85. The van der Waals surface area contributed by atoms with E-state index in [2.05, 4.69) is 15.6 Å². The lowest BCUT2D eigenvalue weighted by Gasteiger charge is -2.11. The lowest BCUT2D eigenvalue weighted by molar-refractivity contribution is 0.0951. The number of pyridine rings is 1. The fourth-order valence-electron chi connectivity index (χ4n) is 1.81. The zero-order valence-corrected chi connectivity index (χ0v) is 12.9. The van der Waals surface area contributed by atoms with Crippen LogP contribution < -0.4 is 10.6 Å². The summed E-state index contributed by atoms with van der Waals surface area (Å²) in [5, 5.41) is 5.53. The number of anilines is 1. The Kier molecular flexibility index (Phi) is 5.11. The molecular weight excluding hydrogens is 302 g/mol. The number of hydrogen-bond donors (Lipinski definition) is 2. The SMILES string of the molecule is CS(=O)(=O)CNc1ccccc1C(=O)NCc1ccccn1. The molecule has 0 saturated carbocycles. The van der Waals surface area contributed by atoms with Crippen molar-refractivity contribution >= 4 is 21.4 Å². The molecule has 1 aromatic carbocycles. The number of sulfone groups is 1. The van der Waals surface area contributed by atoms with Crippen LogP contribution >= 0.6 is 0 Å². The van der Waals surface area contributed by atoms with Gasteiger partial charge in [0.15, 0.2) is 9.84 Å². The fourth-order valence-corrected chi connectivity index (χ4v) is 2.23. The Balaban J connectivity index is 2.06. The maximum absolute atomic E-state index is 12.2. The minimum absolute atomic E-state index is 0.225. The van der Waals surface area contributed by atoms with Gasteiger partial charge in [-0.15, -0.1) is 0 Å². The van der Waals surface area contributed by atoms with Gasteiger partial charge in [-0.3, -0.25) is 9.78 Å². The van der Waals surface area contributed by atoms with E-state index in [9.17, 15) is 13.2 Å². The Hall–Kier alpha value is -2.41. The molecule has 2 N–H and O–H groups in total. The fraction of sp³-hybridized carbons (Fsp3) is 0.200. The van der Waals surface area contributed by atoms with Gasteiger partial charge in [0.1, 0.15) is 5.88 Å². The normalized spacial score (nSPS) is 11.0. The predicted octanol–water partition coefficient (Wildman–Crippen LogP) is 1.43. The molecule has 2 rings (SSSR count). The number of amides is 1. The summed E-state index contributed by atoms with van der Waals surface area (Å²) in [6, 6.07) is 12.2. The second-order valence-electron chi connectivity index (χ2n) is 4.80. The van der Waals surface area contributed by atoms with Crippen molar-refractivity contribution in [1.29, 1.82) is 0 Å². The van der Waals surface area contributed by atoms with Gasteiger partial charge in [0.2, 0.25) is 0 Å². The molecule has 7 heteroatoms. The Morgan fingerprint density at radius 2 is 1.86 bits per heavy atom. The van der Waals surface area contributed by atoms with E-state index >= 15 is 0 Å². The summed E-state index contributed by atoms with van der Waals surface area (Å²) in [5.74, 6) is -0.514. The first-order valence-corrected chi connectivity index (χ1v) is 8.70. The van der Waals surface area contributed by atoms with Crippen LogP contribution in [0.3, 0.4) is 0 Å². The van der Waals surface area contributed by atoms with Crippen molar-refractivity contribution in [2.24, 2.45) is 0 Å². The van der Waals surface area contributed by atoms with Crippen LogP contribution in [-0.2, 0) is 16.4 Å². The van der Waals surface area contributed by atoms with Crippen LogP contribution in [0.2, 0.25) is 0 Å². The van der Waals surface area contributed by atoms with E-state index in [0.29, 0.717) is 17.8 Å². The third-order valence-corrected chi connectivity index (χ3v) is 3.52. The van der Waals surface area contributed by atoms with Crippen LogP contribution in [0.25, 0.3) is 0 Å². The molecule has 1 amide bonds. The van der Waals surface area contributed by atoms with Crippen LogP contribution in [0.4, 0.5) is 5.69 Å². The number of carbonyl (C=O) groups excluding carboxylic acids is 1. The number of carbonyl (C=O) groups is 1. The van der Waals surface area contributed by atoms with Crippen molar-refractivity contribution in [2.45, 2.75) is 6.54 Å². The van der Waals surface area contributed by atoms with Gasteiger partial charge in [-0.25, -0.2) is 8.42 Å². The molecule has 0 bridgehead atoms. The second kappa shape index (κ2) is 7.04. The summed E-state index contributed by atoms with van der Waals surface area (Å²) in [6.45, 7) is 0.306. The second-order valence-corrected chi connectivity index (χ2v) is 6.94. The maximum Gasteiger partial charge on any atom is 0.253 e. The average molecular weight is 319 g/mol. The summed E-state index contributed by atoms with van der Waals surface area (Å²) in [6.07, 6.45) is 2.78. The standard InChI is InChI=1S/C15H17N3O3S/c1-22(20,21)11-18-14-8-3-2-7-13(14)15(19)17-10-12-6-4-5-9-16-12/h2-9,18H,10-11H2,1H3,(H,17,19). The molecule has 2 aromatic rings. The van der Waals surface area contributed by atoms with E-state index in [4.69, 9.17) is 0 Å². The van der Waals surface area contributed by atoms with Gasteiger partial charge in [0, 0.05) is 18.1 Å². The zero-order valence-electron chi connectivity index (χ0n) is 12.1. The van der Waals surface area contributed by atoms with Gasteiger partial charge in [-0.2, -0.15) is 0 Å². The molecule has 0 spiro atoms. The first-order valence-electron chi connectivity index (χ1n) is 6.64. The first kappa shape index (κ1) is 16.0. The highest BCUT2D eigenvalue weighted by Gasteiger charge is 2.12. The van der Waals surface area contributed by atoms with E-state index in [1.54, 1.807) is 36.5 Å². The Labute approximate surface area is 129 Å². The monoisotopic (exact) mass is 319 g/mol. The summed E-state index contributed by atoms with van der Waals surface area (Å²) < 4.78 is 22.5. The third-order valence-electron chi connectivity index (χ3n) is 2.85. The van der Waals surface area contributed by atoms with Crippen LogP contribution in [0.15, 0.2) is 48.7 Å². The van der Waals surface area contributed by atoms with E-state index in [1.165, 1.54) is 0 Å². The van der Waals surface area contributed by atoms with E-state index < -0.39 is 9.84 Å². The molecule has 0 unspecified atom stereocenters. The number of para-hydroxylation sites is 1. The van der Waals surface area contributed by atoms with Crippen molar-refractivity contribution in [3.63, 3.8) is 0 Å². The zero-order chi connectivity index (χ0) is 16.0. The highest BCUT2D eigenvalue weighted by atomic mass is 32.2. The summed E-state index contributed by atoms with van der Waals surface area (Å²) >= 11 is 0. The molecule has 0 aliphatic rings. The van der Waals surface area contributed by atoms with Crippen molar-refractivity contribution in [2.75, 3.05) is 17.4 Å². The van der Waals surface area contributed by atoms with Gasteiger partial charge < -0.3 is 10.6 Å². The molecule has 0 aliphatic heterocycles. The topological polar surface area (TPSA) is 88.2 Å². The Bertz CT molecular complexity index is 746. The number of benzene rings is 1. The van der Waals surface area contributed by atoms with Crippen molar-refractivity contribution in [3.05, 3.63) is 59.9 Å². The molecule has 0 aliphatic carbocycles. The van der Waals surface area contributed by atoms with E-state index in [1.807, 2.05) is 12.1 Å². The quantitative estimate of drug-likeness (QED) is 0.841. The first-order chi connectivity index (χ1) is 10.5. The van der Waals surface area contributed by atoms with Gasteiger partial charge in [0.25, 0.3) is 5.91 Å². The van der Waals surface area contributed by atoms with Crippen molar-refractivity contribution < 1.29 is 13.2 Å². The van der Waals surface area contributed by atoms with Crippen molar-refractivity contribution in [3.8, 4) is 0 Å². The maximum atomic E-state index is 12.2. The van der Waals surface area contributed by atoms with Crippen LogP contribution in [0, 0.1) is 0 Å². The summed E-state index contributed by atoms with van der Waals surface area (Å²) in [4.78, 5) is 16.4. The molecule has 1 heterocycles. The predicted molar refractivity (Wildman–Crippen MR) is 85.2 cm³/mol. The highest BCUT2D eigenvalue weighted by Crippen LogP contribution is 2.15.